The lowest BCUT2D eigenvalue weighted by Gasteiger charge is -2.33. The van der Waals surface area contributed by atoms with Gasteiger partial charge in [-0.25, -0.2) is 0 Å². The second-order valence-electron chi connectivity index (χ2n) is 5.85. The Bertz CT molecular complexity index is 848. The summed E-state index contributed by atoms with van der Waals surface area (Å²) in [7, 11) is 1.55. The van der Waals surface area contributed by atoms with Crippen LogP contribution in [0, 0.1) is 0 Å². The summed E-state index contributed by atoms with van der Waals surface area (Å²) in [6, 6.07) is 13.6. The summed E-state index contributed by atoms with van der Waals surface area (Å²) in [6.07, 6.45) is -0.826. The minimum Gasteiger partial charge on any atom is -0.476 e. The molecule has 0 radical (unpaired) electrons. The van der Waals surface area contributed by atoms with Gasteiger partial charge in [0.1, 0.15) is 5.75 Å². The van der Waals surface area contributed by atoms with E-state index in [1.165, 1.54) is 11.8 Å². The number of rotatable bonds is 3. The Morgan fingerprint density at radius 2 is 1.77 bits per heavy atom. The number of carbonyl (C=O) groups is 3. The molecule has 2 aromatic carbocycles. The van der Waals surface area contributed by atoms with Crippen molar-refractivity contribution in [2.45, 2.75) is 13.0 Å². The van der Waals surface area contributed by atoms with Crippen LogP contribution in [0.25, 0.3) is 0 Å². The number of para-hydroxylation sites is 2. The number of nitrogens with zero attached hydrogens (tertiary/aromatic N) is 1. The summed E-state index contributed by atoms with van der Waals surface area (Å²) in [5, 5.41) is 5.29. The lowest BCUT2D eigenvalue weighted by molar-refractivity contribution is -0.123. The maximum atomic E-state index is 12.6. The molecule has 7 nitrogen and oxygen atoms in total. The Kier molecular flexibility index (Phi) is 4.88. The van der Waals surface area contributed by atoms with Crippen LogP contribution in [-0.2, 0) is 9.59 Å². The average Bonchev–Trinajstić information content (AvgIpc) is 2.66. The van der Waals surface area contributed by atoms with Crippen LogP contribution in [-0.4, -0.2) is 37.4 Å². The Labute approximate surface area is 150 Å². The second-order valence-corrected chi connectivity index (χ2v) is 5.85. The molecule has 0 aromatic heterocycles. The molecule has 0 fully saturated rings. The van der Waals surface area contributed by atoms with Gasteiger partial charge in [0.25, 0.3) is 11.8 Å². The molecule has 1 aliphatic rings. The normalized spacial score (nSPS) is 15.5. The summed E-state index contributed by atoms with van der Waals surface area (Å²) in [5.74, 6) is -0.233. The Morgan fingerprint density at radius 3 is 2.42 bits per heavy atom. The van der Waals surface area contributed by atoms with Crippen LogP contribution in [0.1, 0.15) is 17.3 Å². The molecule has 1 aliphatic heterocycles. The Hall–Kier alpha value is -3.35. The van der Waals surface area contributed by atoms with Crippen molar-refractivity contribution in [1.82, 2.24) is 5.32 Å². The molecule has 1 heterocycles. The minimum absolute atomic E-state index is 0.133. The third kappa shape index (κ3) is 3.51. The molecule has 0 spiro atoms. The third-order valence-corrected chi connectivity index (χ3v) is 4.09. The molecule has 0 aliphatic carbocycles. The van der Waals surface area contributed by atoms with Crippen LogP contribution >= 0.6 is 0 Å². The summed E-state index contributed by atoms with van der Waals surface area (Å²) in [6.45, 7) is 1.59. The van der Waals surface area contributed by atoms with E-state index in [2.05, 4.69) is 10.6 Å². The molecular weight excluding hydrogens is 334 g/mol. The first-order valence-corrected chi connectivity index (χ1v) is 8.16. The van der Waals surface area contributed by atoms with Gasteiger partial charge >= 0.3 is 0 Å². The van der Waals surface area contributed by atoms with Crippen LogP contribution < -0.4 is 20.3 Å². The maximum absolute atomic E-state index is 12.6. The molecule has 7 heteroatoms. The first kappa shape index (κ1) is 17.5. The number of hydrogen-bond acceptors (Lipinski definition) is 4. The van der Waals surface area contributed by atoms with Gasteiger partial charge in [-0.2, -0.15) is 0 Å². The molecule has 0 saturated heterocycles. The highest BCUT2D eigenvalue weighted by Crippen LogP contribution is 2.33. The Balaban J connectivity index is 1.74. The molecule has 3 rings (SSSR count). The van der Waals surface area contributed by atoms with Crippen molar-refractivity contribution in [3.8, 4) is 5.75 Å². The van der Waals surface area contributed by atoms with Crippen LogP contribution in [0.3, 0.4) is 0 Å². The van der Waals surface area contributed by atoms with Crippen LogP contribution in [0.4, 0.5) is 11.4 Å². The highest BCUT2D eigenvalue weighted by Gasteiger charge is 2.32. The van der Waals surface area contributed by atoms with Gasteiger partial charge < -0.3 is 20.3 Å². The predicted octanol–water partition coefficient (Wildman–Crippen LogP) is 1.80. The van der Waals surface area contributed by atoms with Gasteiger partial charge in [0.05, 0.1) is 12.2 Å². The van der Waals surface area contributed by atoms with E-state index < -0.39 is 6.10 Å². The van der Waals surface area contributed by atoms with E-state index in [0.29, 0.717) is 22.7 Å². The summed E-state index contributed by atoms with van der Waals surface area (Å²) < 4.78 is 5.76. The maximum Gasteiger partial charge on any atom is 0.267 e. The second kappa shape index (κ2) is 7.26. The van der Waals surface area contributed by atoms with E-state index in [0.717, 1.165) is 0 Å². The summed E-state index contributed by atoms with van der Waals surface area (Å²) in [5.41, 5.74) is 1.69. The van der Waals surface area contributed by atoms with Crippen molar-refractivity contribution in [3.63, 3.8) is 0 Å². The number of carbonyl (C=O) groups excluding carboxylic acids is 3. The molecule has 0 saturated carbocycles. The van der Waals surface area contributed by atoms with Crippen molar-refractivity contribution in [1.29, 1.82) is 0 Å². The predicted molar refractivity (Wildman–Crippen MR) is 97.3 cm³/mol. The summed E-state index contributed by atoms with van der Waals surface area (Å²) in [4.78, 5) is 37.6. The highest BCUT2D eigenvalue weighted by atomic mass is 16.5. The quantitative estimate of drug-likeness (QED) is 0.881. The monoisotopic (exact) mass is 353 g/mol. The fourth-order valence-corrected chi connectivity index (χ4v) is 2.74. The zero-order chi connectivity index (χ0) is 18.7. The van der Waals surface area contributed by atoms with Crippen molar-refractivity contribution in [3.05, 3.63) is 54.1 Å². The Morgan fingerprint density at radius 1 is 1.08 bits per heavy atom. The fraction of sp³-hybridized carbons (Fsp3) is 0.211. The van der Waals surface area contributed by atoms with E-state index in [-0.39, 0.29) is 24.3 Å². The van der Waals surface area contributed by atoms with Crippen molar-refractivity contribution < 1.29 is 19.1 Å². The van der Waals surface area contributed by atoms with Crippen molar-refractivity contribution in [2.75, 3.05) is 23.8 Å². The zero-order valence-corrected chi connectivity index (χ0v) is 14.5. The molecule has 0 unspecified atom stereocenters. The SMILES string of the molecule is CNC(=O)c1ccc(NC(=O)[C@H]2CN(C(C)=O)c3ccccc3O2)cc1. The van der Waals surface area contributed by atoms with Crippen LogP contribution in [0.15, 0.2) is 48.5 Å². The van der Waals surface area contributed by atoms with Gasteiger partial charge in [-0.3, -0.25) is 14.4 Å². The molecular formula is C19H19N3O4. The van der Waals surface area contributed by atoms with Crippen molar-refractivity contribution >= 4 is 29.1 Å². The van der Waals surface area contributed by atoms with E-state index >= 15 is 0 Å². The van der Waals surface area contributed by atoms with E-state index in [1.807, 2.05) is 6.07 Å². The van der Waals surface area contributed by atoms with Gasteiger partial charge in [-0.15, -0.1) is 0 Å². The summed E-state index contributed by atoms with van der Waals surface area (Å²) >= 11 is 0. The van der Waals surface area contributed by atoms with E-state index in [9.17, 15) is 14.4 Å². The molecule has 26 heavy (non-hydrogen) atoms. The lowest BCUT2D eigenvalue weighted by Crippen LogP contribution is -2.48. The third-order valence-electron chi connectivity index (χ3n) is 4.09. The number of hydrogen-bond donors (Lipinski definition) is 2. The largest absolute Gasteiger partial charge is 0.476 e. The van der Waals surface area contributed by atoms with Gasteiger partial charge in [0.2, 0.25) is 5.91 Å². The van der Waals surface area contributed by atoms with Crippen molar-refractivity contribution in [2.24, 2.45) is 0 Å². The lowest BCUT2D eigenvalue weighted by atomic mass is 10.1. The number of amides is 3. The smallest absolute Gasteiger partial charge is 0.267 e. The van der Waals surface area contributed by atoms with E-state index in [1.54, 1.807) is 49.5 Å². The molecule has 0 bridgehead atoms. The standard InChI is InChI=1S/C19H19N3O4/c1-12(23)22-11-17(26-16-6-4-3-5-15(16)22)19(25)21-14-9-7-13(8-10-14)18(24)20-2/h3-10,17H,11H2,1-2H3,(H,20,24)(H,21,25)/t17-/m1/s1. The number of fused-ring (bicyclic) bond motifs is 1. The molecule has 2 aromatic rings. The molecule has 1 atom stereocenters. The number of nitrogens with one attached hydrogen (secondary N) is 2. The van der Waals surface area contributed by atoms with Gasteiger partial charge in [0.15, 0.2) is 6.10 Å². The van der Waals surface area contributed by atoms with Gasteiger partial charge in [-0.1, -0.05) is 12.1 Å². The first-order chi connectivity index (χ1) is 12.5. The number of anilines is 2. The van der Waals surface area contributed by atoms with E-state index in [4.69, 9.17) is 4.74 Å². The minimum atomic E-state index is -0.826. The van der Waals surface area contributed by atoms with Gasteiger partial charge in [0, 0.05) is 25.2 Å². The molecule has 2 N–H and O–H groups in total. The first-order valence-electron chi connectivity index (χ1n) is 8.16. The van der Waals surface area contributed by atoms with Crippen LogP contribution in [0.2, 0.25) is 0 Å². The number of ether oxygens (including phenoxy) is 1. The molecule has 134 valence electrons. The highest BCUT2D eigenvalue weighted by molar-refractivity contribution is 6.00. The average molecular weight is 353 g/mol. The topological polar surface area (TPSA) is 87.7 Å². The number of benzene rings is 2. The van der Waals surface area contributed by atoms with Crippen LogP contribution in [0.5, 0.6) is 5.75 Å². The van der Waals surface area contributed by atoms with Gasteiger partial charge in [-0.05, 0) is 36.4 Å². The zero-order valence-electron chi connectivity index (χ0n) is 14.5. The molecule has 3 amide bonds. The fourth-order valence-electron chi connectivity index (χ4n) is 2.74.